The molecule has 2 unspecified atom stereocenters. The third kappa shape index (κ3) is 21.2. The van der Waals surface area contributed by atoms with Crippen LogP contribution in [0.15, 0.2) is 0 Å². The molecule has 2 atom stereocenters. The van der Waals surface area contributed by atoms with Gasteiger partial charge in [-0.2, -0.15) is 6.42 Å². The Labute approximate surface area is 168 Å². The van der Waals surface area contributed by atoms with Crippen LogP contribution in [0.2, 0.25) is 0 Å². The van der Waals surface area contributed by atoms with Crippen molar-refractivity contribution in [3.05, 3.63) is 6.92 Å². The van der Waals surface area contributed by atoms with Crippen LogP contribution in [0.3, 0.4) is 0 Å². The van der Waals surface area contributed by atoms with Crippen molar-refractivity contribution in [2.45, 2.75) is 111 Å². The Morgan fingerprint density at radius 1 is 0.682 bits per heavy atom. The van der Waals surface area contributed by atoms with Gasteiger partial charge in [0.15, 0.2) is 0 Å². The second-order valence-electron chi connectivity index (χ2n) is 7.06. The van der Waals surface area contributed by atoms with Crippen molar-refractivity contribution in [2.75, 3.05) is 0 Å². The second kappa shape index (κ2) is 22.2. The van der Waals surface area contributed by atoms with Crippen molar-refractivity contribution in [1.82, 2.24) is 0 Å². The van der Waals surface area contributed by atoms with E-state index in [9.17, 15) is 0 Å². The summed E-state index contributed by atoms with van der Waals surface area (Å²) in [5.41, 5.74) is 0. The van der Waals surface area contributed by atoms with Crippen LogP contribution >= 0.6 is 0 Å². The predicted octanol–water partition coefficient (Wildman–Crippen LogP) is 4.20. The number of hydrogen-bond acceptors (Lipinski definition) is 0. The van der Waals surface area contributed by atoms with E-state index in [0.717, 1.165) is 18.3 Å². The molecule has 0 saturated carbocycles. The fraction of sp³-hybridized carbons (Fsp3) is 0.950. The van der Waals surface area contributed by atoms with Crippen LogP contribution in [-0.2, 0) is 0 Å². The van der Waals surface area contributed by atoms with Crippen LogP contribution in [0.1, 0.15) is 111 Å². The van der Waals surface area contributed by atoms with Gasteiger partial charge in [-0.3, -0.25) is 0 Å². The SMILES string of the molecule is [Br-].[CH2-]CCC(C)CC(C)CCCCCCCCCCCC.[Mg+2]. The second-order valence-corrected chi connectivity index (χ2v) is 7.06. The first kappa shape index (κ1) is 28.1. The first-order valence-corrected chi connectivity index (χ1v) is 9.49. The molecule has 0 aromatic rings. The summed E-state index contributed by atoms with van der Waals surface area (Å²) in [7, 11) is 0. The summed E-state index contributed by atoms with van der Waals surface area (Å²) in [6.07, 6.45) is 19.8. The number of hydrogen-bond donors (Lipinski definition) is 0. The van der Waals surface area contributed by atoms with Gasteiger partial charge < -0.3 is 23.9 Å². The molecule has 0 aliphatic heterocycles. The fourth-order valence-corrected chi connectivity index (χ4v) is 3.25. The molecule has 0 N–H and O–H groups in total. The molecule has 0 heterocycles. The molecule has 0 saturated heterocycles. The van der Waals surface area contributed by atoms with Gasteiger partial charge in [-0.15, -0.1) is 0 Å². The summed E-state index contributed by atoms with van der Waals surface area (Å²) < 4.78 is 0. The number of halogens is 1. The van der Waals surface area contributed by atoms with Gasteiger partial charge >= 0.3 is 23.1 Å². The zero-order valence-electron chi connectivity index (χ0n) is 15.8. The van der Waals surface area contributed by atoms with Crippen LogP contribution in [-0.4, -0.2) is 23.1 Å². The maximum absolute atomic E-state index is 3.96. The molecule has 0 radical (unpaired) electrons. The quantitative estimate of drug-likeness (QED) is 0.225. The number of unbranched alkanes of at least 4 members (excludes halogenated alkanes) is 9. The Kier molecular flexibility index (Phi) is 28.4. The molecule has 0 aliphatic carbocycles. The summed E-state index contributed by atoms with van der Waals surface area (Å²) in [4.78, 5) is 0. The van der Waals surface area contributed by atoms with Crippen LogP contribution in [0.25, 0.3) is 0 Å². The van der Waals surface area contributed by atoms with Gasteiger partial charge in [-0.25, -0.2) is 0 Å². The molecule has 0 aromatic heterocycles. The monoisotopic (exact) mass is 384 g/mol. The van der Waals surface area contributed by atoms with Crippen molar-refractivity contribution in [3.8, 4) is 0 Å². The predicted molar refractivity (Wildman–Crippen MR) is 99.8 cm³/mol. The van der Waals surface area contributed by atoms with E-state index in [1.54, 1.807) is 0 Å². The van der Waals surface area contributed by atoms with Gasteiger partial charge in [-0.1, -0.05) is 97.8 Å². The molecule has 0 fully saturated rings. The molecular formula is C20H41BrMg. The first-order valence-electron chi connectivity index (χ1n) is 9.49. The molecule has 0 rings (SSSR count). The Morgan fingerprint density at radius 3 is 1.55 bits per heavy atom. The van der Waals surface area contributed by atoms with E-state index in [2.05, 4.69) is 27.7 Å². The Balaban J connectivity index is -0.00000180. The van der Waals surface area contributed by atoms with Gasteiger partial charge in [0.1, 0.15) is 0 Å². The summed E-state index contributed by atoms with van der Waals surface area (Å²) in [5.74, 6) is 1.80. The summed E-state index contributed by atoms with van der Waals surface area (Å²) >= 11 is 0. The number of rotatable bonds is 15. The molecule has 22 heavy (non-hydrogen) atoms. The maximum Gasteiger partial charge on any atom is 2.00 e. The Bertz CT molecular complexity index is 185. The zero-order chi connectivity index (χ0) is 15.1. The average Bonchev–Trinajstić information content (AvgIpc) is 2.41. The minimum Gasteiger partial charge on any atom is -1.00 e. The molecule has 130 valence electrons. The average molecular weight is 386 g/mol. The molecule has 0 nitrogen and oxygen atoms in total. The van der Waals surface area contributed by atoms with E-state index < -0.39 is 0 Å². The van der Waals surface area contributed by atoms with Crippen LogP contribution < -0.4 is 17.0 Å². The van der Waals surface area contributed by atoms with E-state index in [1.807, 2.05) is 0 Å². The van der Waals surface area contributed by atoms with E-state index in [-0.39, 0.29) is 40.0 Å². The topological polar surface area (TPSA) is 0 Å². The van der Waals surface area contributed by atoms with Crippen LogP contribution in [0.5, 0.6) is 0 Å². The van der Waals surface area contributed by atoms with Crippen LogP contribution in [0, 0.1) is 18.8 Å². The summed E-state index contributed by atoms with van der Waals surface area (Å²) in [6.45, 7) is 11.1. The molecule has 0 spiro atoms. The van der Waals surface area contributed by atoms with E-state index >= 15 is 0 Å². The van der Waals surface area contributed by atoms with Crippen LogP contribution in [0.4, 0.5) is 0 Å². The molecule has 0 amide bonds. The molecule has 2 heteroatoms. The van der Waals surface area contributed by atoms with Gasteiger partial charge in [0.25, 0.3) is 0 Å². The molecule has 0 aromatic carbocycles. The third-order valence-electron chi connectivity index (χ3n) is 4.55. The minimum atomic E-state index is 0. The van der Waals surface area contributed by atoms with Crippen molar-refractivity contribution in [2.24, 2.45) is 11.8 Å². The zero-order valence-corrected chi connectivity index (χ0v) is 18.8. The van der Waals surface area contributed by atoms with E-state index in [1.165, 1.54) is 83.5 Å². The fourth-order valence-electron chi connectivity index (χ4n) is 3.25. The largest absolute Gasteiger partial charge is 2.00 e. The van der Waals surface area contributed by atoms with Gasteiger partial charge in [0, 0.05) is 0 Å². The minimum absolute atomic E-state index is 0. The molecular weight excluding hydrogens is 344 g/mol. The van der Waals surface area contributed by atoms with Gasteiger partial charge in [0.2, 0.25) is 0 Å². The maximum atomic E-state index is 3.96. The first-order chi connectivity index (χ1) is 9.70. The smallest absolute Gasteiger partial charge is 1.00 e. The van der Waals surface area contributed by atoms with Gasteiger partial charge in [-0.05, 0) is 18.3 Å². The Morgan fingerprint density at radius 2 is 1.09 bits per heavy atom. The standard InChI is InChI=1S/C20H41.BrH.Mg/c1-5-7-8-9-10-11-12-13-14-15-17-20(4)18-19(3)16-6-2;;/h19-20H,2,5-18H2,1,3-4H3;1H;/q-1;;+2/p-1. The van der Waals surface area contributed by atoms with Crippen molar-refractivity contribution in [3.63, 3.8) is 0 Å². The molecule has 0 bridgehead atoms. The van der Waals surface area contributed by atoms with Crippen molar-refractivity contribution in [1.29, 1.82) is 0 Å². The van der Waals surface area contributed by atoms with E-state index in [4.69, 9.17) is 0 Å². The van der Waals surface area contributed by atoms with Crippen molar-refractivity contribution < 1.29 is 17.0 Å². The summed E-state index contributed by atoms with van der Waals surface area (Å²) in [5, 5.41) is 0. The third-order valence-corrected chi connectivity index (χ3v) is 4.55. The van der Waals surface area contributed by atoms with E-state index in [0.29, 0.717) is 0 Å². The Hall–Kier alpha value is 1.25. The van der Waals surface area contributed by atoms with Gasteiger partial charge in [0.05, 0.1) is 0 Å². The van der Waals surface area contributed by atoms with Crippen molar-refractivity contribution >= 4 is 23.1 Å². The summed E-state index contributed by atoms with van der Waals surface area (Å²) in [6, 6.07) is 0. The molecule has 0 aliphatic rings. The normalized spacial score (nSPS) is 13.1.